The molecule has 1 rings (SSSR count). The average Bonchev–Trinajstić information content (AvgIpc) is 2.05. The van der Waals surface area contributed by atoms with Crippen LogP contribution in [-0.4, -0.2) is 4.98 Å². The molecule has 52 valence electrons. The van der Waals surface area contributed by atoms with Crippen molar-refractivity contribution >= 4 is 5.70 Å². The van der Waals surface area contributed by atoms with Crippen molar-refractivity contribution in [3.05, 3.63) is 36.2 Å². The van der Waals surface area contributed by atoms with Crippen molar-refractivity contribution in [2.75, 3.05) is 0 Å². The van der Waals surface area contributed by atoms with Crippen LogP contribution < -0.4 is 5.73 Å². The predicted molar refractivity (Wildman–Crippen MR) is 42.1 cm³/mol. The van der Waals surface area contributed by atoms with Crippen molar-refractivity contribution in [3.8, 4) is 0 Å². The van der Waals surface area contributed by atoms with E-state index in [1.54, 1.807) is 6.20 Å². The third-order valence-corrected chi connectivity index (χ3v) is 1.27. The maximum Gasteiger partial charge on any atom is 0.0855 e. The standard InChI is InChI=1S/C8H10N2/c1-2-7(9)8-5-3-4-6-10-8/h2-6H,9H2,1H3/b7-2-. The molecule has 0 aliphatic carbocycles. The van der Waals surface area contributed by atoms with E-state index < -0.39 is 0 Å². The summed E-state index contributed by atoms with van der Waals surface area (Å²) >= 11 is 0. The fraction of sp³-hybridized carbons (Fsp3) is 0.125. The van der Waals surface area contributed by atoms with E-state index in [-0.39, 0.29) is 0 Å². The maximum absolute atomic E-state index is 5.59. The average molecular weight is 134 g/mol. The van der Waals surface area contributed by atoms with Gasteiger partial charge in [0.05, 0.1) is 11.4 Å². The third-order valence-electron chi connectivity index (χ3n) is 1.27. The Hall–Kier alpha value is -1.31. The molecule has 2 nitrogen and oxygen atoms in total. The topological polar surface area (TPSA) is 38.9 Å². The minimum atomic E-state index is 0.723. The molecule has 0 spiro atoms. The summed E-state index contributed by atoms with van der Waals surface area (Å²) in [6, 6.07) is 5.67. The van der Waals surface area contributed by atoms with Gasteiger partial charge in [-0.05, 0) is 19.1 Å². The number of pyridine rings is 1. The first kappa shape index (κ1) is 6.81. The Balaban J connectivity index is 2.96. The molecule has 0 saturated heterocycles. The molecule has 10 heavy (non-hydrogen) atoms. The van der Waals surface area contributed by atoms with Crippen molar-refractivity contribution in [2.24, 2.45) is 5.73 Å². The molecule has 0 fully saturated rings. The van der Waals surface area contributed by atoms with Gasteiger partial charge < -0.3 is 5.73 Å². The molecule has 0 aliphatic heterocycles. The second-order valence-corrected chi connectivity index (χ2v) is 1.96. The number of nitrogens with zero attached hydrogens (tertiary/aromatic N) is 1. The molecule has 0 saturated carbocycles. The zero-order chi connectivity index (χ0) is 7.40. The zero-order valence-corrected chi connectivity index (χ0v) is 5.91. The molecule has 2 heteroatoms. The van der Waals surface area contributed by atoms with Crippen molar-refractivity contribution in [1.29, 1.82) is 0 Å². The lowest BCUT2D eigenvalue weighted by molar-refractivity contribution is 1.25. The van der Waals surface area contributed by atoms with Crippen molar-refractivity contribution in [2.45, 2.75) is 6.92 Å². The largest absolute Gasteiger partial charge is 0.397 e. The second-order valence-electron chi connectivity index (χ2n) is 1.96. The van der Waals surface area contributed by atoms with Crippen LogP contribution >= 0.6 is 0 Å². The van der Waals surface area contributed by atoms with Crippen LogP contribution in [0.25, 0.3) is 5.70 Å². The molecule has 0 aromatic carbocycles. The van der Waals surface area contributed by atoms with Gasteiger partial charge >= 0.3 is 0 Å². The zero-order valence-electron chi connectivity index (χ0n) is 5.91. The molecule has 0 unspecified atom stereocenters. The van der Waals surface area contributed by atoms with Gasteiger partial charge in [-0.2, -0.15) is 0 Å². The summed E-state index contributed by atoms with van der Waals surface area (Å²) in [7, 11) is 0. The molecular formula is C8H10N2. The number of nitrogens with two attached hydrogens (primary N) is 1. The van der Waals surface area contributed by atoms with E-state index in [0.29, 0.717) is 0 Å². The van der Waals surface area contributed by atoms with Crippen LogP contribution in [0.15, 0.2) is 30.5 Å². The first-order valence-corrected chi connectivity index (χ1v) is 3.18. The second kappa shape index (κ2) is 3.01. The van der Waals surface area contributed by atoms with E-state index in [2.05, 4.69) is 4.98 Å². The highest BCUT2D eigenvalue weighted by Gasteiger charge is 1.91. The number of rotatable bonds is 1. The summed E-state index contributed by atoms with van der Waals surface area (Å²) in [5, 5.41) is 0. The van der Waals surface area contributed by atoms with Crippen LogP contribution in [0, 0.1) is 0 Å². The molecule has 1 aromatic heterocycles. The fourth-order valence-corrected chi connectivity index (χ4v) is 0.681. The summed E-state index contributed by atoms with van der Waals surface area (Å²) in [5.74, 6) is 0. The highest BCUT2D eigenvalue weighted by molar-refractivity contribution is 5.58. The van der Waals surface area contributed by atoms with Gasteiger partial charge in [-0.25, -0.2) is 0 Å². The van der Waals surface area contributed by atoms with E-state index in [1.807, 2.05) is 31.2 Å². The lowest BCUT2D eigenvalue weighted by Gasteiger charge is -1.96. The molecule has 0 atom stereocenters. The number of aromatic nitrogens is 1. The summed E-state index contributed by atoms with van der Waals surface area (Å²) in [4.78, 5) is 4.06. The van der Waals surface area contributed by atoms with E-state index in [4.69, 9.17) is 5.73 Å². The van der Waals surface area contributed by atoms with Gasteiger partial charge in [0.25, 0.3) is 0 Å². The Bertz CT molecular complexity index is 226. The molecule has 0 aliphatic rings. The van der Waals surface area contributed by atoms with Crippen LogP contribution in [0.2, 0.25) is 0 Å². The monoisotopic (exact) mass is 134 g/mol. The van der Waals surface area contributed by atoms with Gasteiger partial charge in [-0.1, -0.05) is 12.1 Å². The molecule has 1 heterocycles. The maximum atomic E-state index is 5.59. The molecule has 0 bridgehead atoms. The first-order chi connectivity index (χ1) is 4.84. The van der Waals surface area contributed by atoms with Gasteiger partial charge in [0.2, 0.25) is 0 Å². The Labute approximate surface area is 60.4 Å². The molecular weight excluding hydrogens is 124 g/mol. The summed E-state index contributed by atoms with van der Waals surface area (Å²) in [5.41, 5.74) is 7.15. The van der Waals surface area contributed by atoms with Gasteiger partial charge in [0, 0.05) is 6.20 Å². The minimum Gasteiger partial charge on any atom is -0.397 e. The Morgan fingerprint density at radius 1 is 1.60 bits per heavy atom. The van der Waals surface area contributed by atoms with Crippen LogP contribution in [0.4, 0.5) is 0 Å². The smallest absolute Gasteiger partial charge is 0.0855 e. The summed E-state index contributed by atoms with van der Waals surface area (Å²) in [6.45, 7) is 1.89. The Kier molecular flexibility index (Phi) is 2.05. The van der Waals surface area contributed by atoms with Crippen LogP contribution in [0.1, 0.15) is 12.6 Å². The molecule has 2 N–H and O–H groups in total. The van der Waals surface area contributed by atoms with Crippen LogP contribution in [0.5, 0.6) is 0 Å². The van der Waals surface area contributed by atoms with Gasteiger partial charge in [-0.15, -0.1) is 0 Å². The van der Waals surface area contributed by atoms with Crippen molar-refractivity contribution < 1.29 is 0 Å². The van der Waals surface area contributed by atoms with Crippen LogP contribution in [0.3, 0.4) is 0 Å². The number of hydrogen-bond acceptors (Lipinski definition) is 2. The number of hydrogen-bond donors (Lipinski definition) is 1. The van der Waals surface area contributed by atoms with Gasteiger partial charge in [-0.3, -0.25) is 4.98 Å². The molecule has 0 radical (unpaired) electrons. The van der Waals surface area contributed by atoms with Crippen molar-refractivity contribution in [3.63, 3.8) is 0 Å². The lowest BCUT2D eigenvalue weighted by Crippen LogP contribution is -1.96. The highest BCUT2D eigenvalue weighted by atomic mass is 14.7. The van der Waals surface area contributed by atoms with Crippen LogP contribution in [-0.2, 0) is 0 Å². The van der Waals surface area contributed by atoms with E-state index in [0.717, 1.165) is 11.4 Å². The quantitative estimate of drug-likeness (QED) is 0.630. The predicted octanol–water partition coefficient (Wildman–Crippen LogP) is 1.40. The summed E-state index contributed by atoms with van der Waals surface area (Å²) in [6.07, 6.45) is 3.56. The Morgan fingerprint density at radius 3 is 2.90 bits per heavy atom. The summed E-state index contributed by atoms with van der Waals surface area (Å²) < 4.78 is 0. The first-order valence-electron chi connectivity index (χ1n) is 3.18. The number of allylic oxidation sites excluding steroid dienone is 1. The lowest BCUT2D eigenvalue weighted by atomic mass is 10.3. The normalized spacial score (nSPS) is 11.5. The van der Waals surface area contributed by atoms with E-state index in [9.17, 15) is 0 Å². The third kappa shape index (κ3) is 1.35. The SMILES string of the molecule is C/C=C(\N)c1ccccn1. The van der Waals surface area contributed by atoms with Gasteiger partial charge in [0.1, 0.15) is 0 Å². The van der Waals surface area contributed by atoms with Gasteiger partial charge in [0.15, 0.2) is 0 Å². The fourth-order valence-electron chi connectivity index (χ4n) is 0.681. The highest BCUT2D eigenvalue weighted by Crippen LogP contribution is 2.01. The minimum absolute atomic E-state index is 0.723. The van der Waals surface area contributed by atoms with E-state index in [1.165, 1.54) is 0 Å². The molecule has 0 amide bonds. The van der Waals surface area contributed by atoms with E-state index >= 15 is 0 Å². The Morgan fingerprint density at radius 2 is 2.40 bits per heavy atom. The van der Waals surface area contributed by atoms with Crippen molar-refractivity contribution in [1.82, 2.24) is 4.98 Å². The molecule has 1 aromatic rings.